The molecule has 90 valence electrons. The second kappa shape index (κ2) is 5.73. The summed E-state index contributed by atoms with van der Waals surface area (Å²) >= 11 is 5.84. The zero-order chi connectivity index (χ0) is 12.1. The van der Waals surface area contributed by atoms with Crippen LogP contribution in [0.2, 0.25) is 0 Å². The number of benzene rings is 1. The summed E-state index contributed by atoms with van der Waals surface area (Å²) in [6.07, 6.45) is 2.63. The van der Waals surface area contributed by atoms with Crippen molar-refractivity contribution in [3.05, 3.63) is 47.8 Å². The Morgan fingerprint density at radius 2 is 2.12 bits per heavy atom. The van der Waals surface area contributed by atoms with Crippen molar-refractivity contribution >= 4 is 11.6 Å². The molecule has 0 aliphatic carbocycles. The van der Waals surface area contributed by atoms with Gasteiger partial charge in [0, 0.05) is 30.9 Å². The van der Waals surface area contributed by atoms with Crippen LogP contribution in [0.3, 0.4) is 0 Å². The fourth-order valence-corrected chi connectivity index (χ4v) is 1.89. The molecule has 0 saturated heterocycles. The Bertz CT molecular complexity index is 482. The first-order valence-corrected chi connectivity index (χ1v) is 6.08. The molecule has 4 heteroatoms. The molecule has 1 aromatic heterocycles. The molecule has 0 spiro atoms. The summed E-state index contributed by atoms with van der Waals surface area (Å²) < 4.78 is 7.59. The standard InChI is InChI=1S/C13H15ClN2O/c1-16-12(6-8-15-16)7-9-17-13-5-3-2-4-11(13)10-14/h2-6,8H,7,9-10H2,1H3. The van der Waals surface area contributed by atoms with Gasteiger partial charge in [-0.15, -0.1) is 11.6 Å². The van der Waals surface area contributed by atoms with Gasteiger partial charge in [-0.1, -0.05) is 18.2 Å². The number of para-hydroxylation sites is 1. The number of aryl methyl sites for hydroxylation is 1. The van der Waals surface area contributed by atoms with Gasteiger partial charge in [0.05, 0.1) is 12.5 Å². The van der Waals surface area contributed by atoms with Gasteiger partial charge in [-0.25, -0.2) is 0 Å². The van der Waals surface area contributed by atoms with E-state index in [9.17, 15) is 0 Å². The SMILES string of the molecule is Cn1nccc1CCOc1ccccc1CCl. The molecule has 0 saturated carbocycles. The van der Waals surface area contributed by atoms with E-state index in [0.717, 1.165) is 23.4 Å². The third-order valence-electron chi connectivity index (χ3n) is 2.65. The number of alkyl halides is 1. The Hall–Kier alpha value is -1.48. The molecule has 2 aromatic rings. The van der Waals surface area contributed by atoms with Crippen LogP contribution in [0.1, 0.15) is 11.3 Å². The molecule has 0 N–H and O–H groups in total. The lowest BCUT2D eigenvalue weighted by Crippen LogP contribution is -2.06. The predicted octanol–water partition coefficient (Wildman–Crippen LogP) is 2.78. The summed E-state index contributed by atoms with van der Waals surface area (Å²) in [5, 5.41) is 4.12. The average Bonchev–Trinajstić information content (AvgIpc) is 2.76. The molecule has 0 atom stereocenters. The Labute approximate surface area is 106 Å². The number of hydrogen-bond donors (Lipinski definition) is 0. The number of nitrogens with zero attached hydrogens (tertiary/aromatic N) is 2. The molecule has 0 fully saturated rings. The second-order valence-electron chi connectivity index (χ2n) is 3.79. The van der Waals surface area contributed by atoms with Crippen LogP contribution in [0, 0.1) is 0 Å². The van der Waals surface area contributed by atoms with E-state index in [4.69, 9.17) is 16.3 Å². The summed E-state index contributed by atoms with van der Waals surface area (Å²) in [5.41, 5.74) is 2.19. The highest BCUT2D eigenvalue weighted by Crippen LogP contribution is 2.19. The first kappa shape index (κ1) is 12.0. The molecule has 3 nitrogen and oxygen atoms in total. The van der Waals surface area contributed by atoms with Gasteiger partial charge in [-0.2, -0.15) is 5.10 Å². The van der Waals surface area contributed by atoms with Crippen LogP contribution < -0.4 is 4.74 Å². The summed E-state index contributed by atoms with van der Waals surface area (Å²) in [5.74, 6) is 1.34. The van der Waals surface area contributed by atoms with Crippen LogP contribution in [0.4, 0.5) is 0 Å². The van der Waals surface area contributed by atoms with E-state index < -0.39 is 0 Å². The minimum Gasteiger partial charge on any atom is -0.493 e. The van der Waals surface area contributed by atoms with Gasteiger partial charge in [0.2, 0.25) is 0 Å². The highest BCUT2D eigenvalue weighted by molar-refractivity contribution is 6.17. The first-order chi connectivity index (χ1) is 8.31. The van der Waals surface area contributed by atoms with Crippen LogP contribution in [-0.4, -0.2) is 16.4 Å². The molecule has 0 unspecified atom stereocenters. The van der Waals surface area contributed by atoms with Crippen molar-refractivity contribution in [3.63, 3.8) is 0 Å². The molecule has 0 radical (unpaired) electrons. The summed E-state index contributed by atoms with van der Waals surface area (Å²) in [7, 11) is 1.93. The second-order valence-corrected chi connectivity index (χ2v) is 4.05. The van der Waals surface area contributed by atoms with E-state index in [2.05, 4.69) is 5.10 Å². The van der Waals surface area contributed by atoms with E-state index >= 15 is 0 Å². The Kier molecular flexibility index (Phi) is 4.04. The van der Waals surface area contributed by atoms with Crippen molar-refractivity contribution in [2.75, 3.05) is 6.61 Å². The molecule has 0 aliphatic rings. The Morgan fingerprint density at radius 3 is 2.82 bits per heavy atom. The molecule has 2 rings (SSSR count). The molecule has 0 amide bonds. The molecular weight excluding hydrogens is 236 g/mol. The van der Waals surface area contributed by atoms with Crippen LogP contribution in [0.15, 0.2) is 36.5 Å². The quantitative estimate of drug-likeness (QED) is 0.763. The largest absolute Gasteiger partial charge is 0.493 e. The highest BCUT2D eigenvalue weighted by atomic mass is 35.5. The monoisotopic (exact) mass is 250 g/mol. The van der Waals surface area contributed by atoms with Gasteiger partial charge in [-0.3, -0.25) is 4.68 Å². The molecule has 0 bridgehead atoms. The summed E-state index contributed by atoms with van der Waals surface area (Å²) in [6, 6.07) is 9.84. The van der Waals surface area contributed by atoms with Crippen LogP contribution in [0.5, 0.6) is 5.75 Å². The first-order valence-electron chi connectivity index (χ1n) is 5.55. The van der Waals surface area contributed by atoms with Crippen molar-refractivity contribution in [3.8, 4) is 5.75 Å². The smallest absolute Gasteiger partial charge is 0.123 e. The van der Waals surface area contributed by atoms with Crippen molar-refractivity contribution < 1.29 is 4.74 Å². The van der Waals surface area contributed by atoms with Gasteiger partial charge >= 0.3 is 0 Å². The Balaban J connectivity index is 1.92. The minimum absolute atomic E-state index is 0.474. The van der Waals surface area contributed by atoms with E-state index in [-0.39, 0.29) is 0 Å². The summed E-state index contributed by atoms with van der Waals surface area (Å²) in [4.78, 5) is 0. The minimum atomic E-state index is 0.474. The van der Waals surface area contributed by atoms with Crippen LogP contribution in [-0.2, 0) is 19.3 Å². The van der Waals surface area contributed by atoms with Crippen LogP contribution in [0.25, 0.3) is 0 Å². The van der Waals surface area contributed by atoms with E-state index in [1.165, 1.54) is 0 Å². The predicted molar refractivity (Wildman–Crippen MR) is 68.4 cm³/mol. The molecule has 0 aliphatic heterocycles. The number of ether oxygens (including phenoxy) is 1. The van der Waals surface area contributed by atoms with E-state index in [1.54, 1.807) is 6.20 Å². The van der Waals surface area contributed by atoms with Crippen molar-refractivity contribution in [1.29, 1.82) is 0 Å². The number of rotatable bonds is 5. The molecule has 1 heterocycles. The number of hydrogen-bond acceptors (Lipinski definition) is 2. The highest BCUT2D eigenvalue weighted by Gasteiger charge is 2.03. The zero-order valence-corrected chi connectivity index (χ0v) is 10.5. The Morgan fingerprint density at radius 1 is 1.29 bits per heavy atom. The van der Waals surface area contributed by atoms with E-state index in [0.29, 0.717) is 12.5 Å². The third-order valence-corrected chi connectivity index (χ3v) is 2.94. The lowest BCUT2D eigenvalue weighted by atomic mass is 10.2. The molecule has 1 aromatic carbocycles. The van der Waals surface area contributed by atoms with Crippen molar-refractivity contribution in [2.45, 2.75) is 12.3 Å². The lowest BCUT2D eigenvalue weighted by Gasteiger charge is -2.09. The normalized spacial score (nSPS) is 10.5. The van der Waals surface area contributed by atoms with Gasteiger partial charge in [0.1, 0.15) is 5.75 Å². The van der Waals surface area contributed by atoms with Gasteiger partial charge in [0.25, 0.3) is 0 Å². The van der Waals surface area contributed by atoms with Crippen molar-refractivity contribution in [2.24, 2.45) is 7.05 Å². The maximum Gasteiger partial charge on any atom is 0.123 e. The third kappa shape index (κ3) is 3.01. The number of halogens is 1. The van der Waals surface area contributed by atoms with Gasteiger partial charge in [0.15, 0.2) is 0 Å². The van der Waals surface area contributed by atoms with Gasteiger partial charge < -0.3 is 4.74 Å². The zero-order valence-electron chi connectivity index (χ0n) is 9.77. The van der Waals surface area contributed by atoms with Crippen molar-refractivity contribution in [1.82, 2.24) is 9.78 Å². The lowest BCUT2D eigenvalue weighted by molar-refractivity contribution is 0.316. The molecular formula is C13H15ClN2O. The van der Waals surface area contributed by atoms with E-state index in [1.807, 2.05) is 42.1 Å². The molecule has 17 heavy (non-hydrogen) atoms. The average molecular weight is 251 g/mol. The number of aromatic nitrogens is 2. The topological polar surface area (TPSA) is 27.1 Å². The van der Waals surface area contributed by atoms with Gasteiger partial charge in [-0.05, 0) is 12.1 Å². The fourth-order valence-electron chi connectivity index (χ4n) is 1.67. The maximum absolute atomic E-state index is 5.84. The maximum atomic E-state index is 5.84. The fraction of sp³-hybridized carbons (Fsp3) is 0.308. The summed E-state index contributed by atoms with van der Waals surface area (Å²) in [6.45, 7) is 0.632. The van der Waals surface area contributed by atoms with Crippen LogP contribution >= 0.6 is 11.6 Å².